The Morgan fingerprint density at radius 2 is 1.35 bits per heavy atom. The molecule has 0 saturated carbocycles. The van der Waals surface area contributed by atoms with Gasteiger partial charge in [0.15, 0.2) is 0 Å². The van der Waals surface area contributed by atoms with Gasteiger partial charge in [-0.1, -0.05) is 91.8 Å². The molecule has 2 nitrogen and oxygen atoms in total. The first kappa shape index (κ1) is 26.1. The van der Waals surface area contributed by atoms with Gasteiger partial charge in [0.1, 0.15) is 5.75 Å². The quantitative estimate of drug-likeness (QED) is 0.434. The molecule has 0 aliphatic heterocycles. The van der Waals surface area contributed by atoms with Gasteiger partial charge in [-0.2, -0.15) is 0 Å². The molecule has 0 amide bonds. The van der Waals surface area contributed by atoms with Gasteiger partial charge < -0.3 is 4.74 Å². The SMILES string of the molecule is CC.CC.CC.CC.O=C(Oc1ccccc1)C1=CCCC=C1. The number of carbonyl (C=O) groups is 1. The molecule has 2 heteroatoms. The average molecular weight is 321 g/mol. The summed E-state index contributed by atoms with van der Waals surface area (Å²) in [5, 5.41) is 0. The molecule has 0 fully saturated rings. The number of para-hydroxylation sites is 1. The number of allylic oxidation sites excluding steroid dienone is 2. The largest absolute Gasteiger partial charge is 0.423 e. The Hall–Kier alpha value is -1.83. The predicted octanol–water partition coefficient (Wildman–Crippen LogP) is 6.97. The molecule has 1 aromatic carbocycles. The summed E-state index contributed by atoms with van der Waals surface area (Å²) in [6.45, 7) is 16.0. The molecule has 0 heterocycles. The number of rotatable bonds is 2. The van der Waals surface area contributed by atoms with Crippen LogP contribution in [0.25, 0.3) is 0 Å². The Kier molecular flexibility index (Phi) is 25.5. The Bertz CT molecular complexity index is 403. The molecule has 1 aliphatic rings. The molecule has 0 radical (unpaired) electrons. The maximum Gasteiger partial charge on any atom is 0.343 e. The fourth-order valence-electron chi connectivity index (χ4n) is 1.42. The van der Waals surface area contributed by atoms with Gasteiger partial charge >= 0.3 is 5.97 Å². The van der Waals surface area contributed by atoms with Crippen molar-refractivity contribution in [3.8, 4) is 5.75 Å². The molecule has 0 unspecified atom stereocenters. The predicted molar refractivity (Wildman–Crippen MR) is 104 cm³/mol. The third-order valence-electron chi connectivity index (χ3n) is 2.18. The molecule has 0 atom stereocenters. The number of ether oxygens (including phenoxy) is 1. The molecular formula is C21H36O2. The van der Waals surface area contributed by atoms with E-state index in [-0.39, 0.29) is 5.97 Å². The minimum atomic E-state index is -0.280. The third-order valence-corrected chi connectivity index (χ3v) is 2.18. The first-order chi connectivity index (χ1) is 11.4. The summed E-state index contributed by atoms with van der Waals surface area (Å²) in [6, 6.07) is 9.11. The summed E-state index contributed by atoms with van der Waals surface area (Å²) < 4.78 is 5.20. The lowest BCUT2D eigenvalue weighted by atomic mass is 10.1. The molecule has 1 aromatic rings. The summed E-state index contributed by atoms with van der Waals surface area (Å²) in [6.07, 6.45) is 7.62. The van der Waals surface area contributed by atoms with E-state index in [1.54, 1.807) is 12.1 Å². The fourth-order valence-corrected chi connectivity index (χ4v) is 1.42. The Morgan fingerprint density at radius 1 is 0.826 bits per heavy atom. The number of hydrogen-bond acceptors (Lipinski definition) is 2. The minimum Gasteiger partial charge on any atom is -0.423 e. The van der Waals surface area contributed by atoms with Crippen LogP contribution in [0, 0.1) is 0 Å². The van der Waals surface area contributed by atoms with E-state index in [0.717, 1.165) is 12.8 Å². The zero-order valence-corrected chi connectivity index (χ0v) is 16.3. The lowest BCUT2D eigenvalue weighted by Gasteiger charge is -2.06. The van der Waals surface area contributed by atoms with Gasteiger partial charge in [-0.05, 0) is 25.0 Å². The van der Waals surface area contributed by atoms with E-state index < -0.39 is 0 Å². The number of benzene rings is 1. The molecule has 0 spiro atoms. The standard InChI is InChI=1S/C13H12O2.4C2H6/c14-13(11-7-3-1-4-8-11)15-12-9-5-2-6-10-12;4*1-2/h2-3,5-10H,1,4H2;4*1-2H3. The van der Waals surface area contributed by atoms with Crippen LogP contribution in [-0.2, 0) is 4.79 Å². The highest BCUT2D eigenvalue weighted by Gasteiger charge is 2.10. The summed E-state index contributed by atoms with van der Waals surface area (Å²) in [5.41, 5.74) is 0.644. The number of hydrogen-bond donors (Lipinski definition) is 0. The van der Waals surface area contributed by atoms with E-state index in [0.29, 0.717) is 11.3 Å². The molecule has 2 rings (SSSR count). The van der Waals surface area contributed by atoms with E-state index in [2.05, 4.69) is 0 Å². The summed E-state index contributed by atoms with van der Waals surface area (Å²) in [4.78, 5) is 11.6. The van der Waals surface area contributed by atoms with Gasteiger partial charge in [0.25, 0.3) is 0 Å². The second-order valence-corrected chi connectivity index (χ2v) is 3.34. The van der Waals surface area contributed by atoms with Crippen LogP contribution in [0.15, 0.2) is 54.1 Å². The molecule has 0 bridgehead atoms. The van der Waals surface area contributed by atoms with Crippen LogP contribution in [0.1, 0.15) is 68.2 Å². The summed E-state index contributed by atoms with van der Waals surface area (Å²) >= 11 is 0. The van der Waals surface area contributed by atoms with Crippen molar-refractivity contribution >= 4 is 5.97 Å². The maximum atomic E-state index is 11.6. The zero-order chi connectivity index (χ0) is 18.5. The van der Waals surface area contributed by atoms with Crippen molar-refractivity contribution in [2.24, 2.45) is 0 Å². The molecule has 0 N–H and O–H groups in total. The van der Waals surface area contributed by atoms with Crippen molar-refractivity contribution in [3.05, 3.63) is 54.1 Å². The Labute approximate surface area is 144 Å². The molecule has 1 aliphatic carbocycles. The maximum absolute atomic E-state index is 11.6. The lowest BCUT2D eigenvalue weighted by molar-refractivity contribution is -0.129. The Morgan fingerprint density at radius 3 is 1.78 bits per heavy atom. The normalized spacial score (nSPS) is 10.5. The van der Waals surface area contributed by atoms with Gasteiger partial charge in [-0.25, -0.2) is 4.79 Å². The first-order valence-electron chi connectivity index (χ1n) is 9.00. The summed E-state index contributed by atoms with van der Waals surface area (Å²) in [7, 11) is 0. The molecule has 0 aromatic heterocycles. The van der Waals surface area contributed by atoms with Crippen molar-refractivity contribution < 1.29 is 9.53 Å². The molecular weight excluding hydrogens is 284 g/mol. The van der Waals surface area contributed by atoms with Crippen LogP contribution in [0.5, 0.6) is 5.75 Å². The van der Waals surface area contributed by atoms with Crippen LogP contribution in [0.4, 0.5) is 0 Å². The monoisotopic (exact) mass is 320 g/mol. The van der Waals surface area contributed by atoms with E-state index >= 15 is 0 Å². The van der Waals surface area contributed by atoms with Crippen molar-refractivity contribution in [2.75, 3.05) is 0 Å². The van der Waals surface area contributed by atoms with Gasteiger partial charge in [-0.15, -0.1) is 0 Å². The van der Waals surface area contributed by atoms with Crippen LogP contribution in [-0.4, -0.2) is 5.97 Å². The molecule has 0 saturated heterocycles. The van der Waals surface area contributed by atoms with Gasteiger partial charge in [0, 0.05) is 0 Å². The lowest BCUT2D eigenvalue weighted by Crippen LogP contribution is -2.10. The zero-order valence-electron chi connectivity index (χ0n) is 16.3. The first-order valence-corrected chi connectivity index (χ1v) is 9.00. The van der Waals surface area contributed by atoms with Gasteiger partial charge in [0.2, 0.25) is 0 Å². The van der Waals surface area contributed by atoms with Gasteiger partial charge in [0.05, 0.1) is 5.57 Å². The van der Waals surface area contributed by atoms with Crippen LogP contribution in [0.2, 0.25) is 0 Å². The average Bonchev–Trinajstić information content (AvgIpc) is 2.69. The van der Waals surface area contributed by atoms with Crippen LogP contribution >= 0.6 is 0 Å². The summed E-state index contributed by atoms with van der Waals surface area (Å²) in [5.74, 6) is 0.305. The third kappa shape index (κ3) is 13.5. The van der Waals surface area contributed by atoms with Gasteiger partial charge in [-0.3, -0.25) is 0 Å². The van der Waals surface area contributed by atoms with Crippen molar-refractivity contribution in [1.29, 1.82) is 0 Å². The molecule has 23 heavy (non-hydrogen) atoms. The fraction of sp³-hybridized carbons (Fsp3) is 0.476. The van der Waals surface area contributed by atoms with E-state index in [9.17, 15) is 4.79 Å². The highest BCUT2D eigenvalue weighted by molar-refractivity contribution is 5.93. The topological polar surface area (TPSA) is 26.3 Å². The van der Waals surface area contributed by atoms with E-state index in [1.807, 2.05) is 91.8 Å². The van der Waals surface area contributed by atoms with Crippen molar-refractivity contribution in [2.45, 2.75) is 68.2 Å². The highest BCUT2D eigenvalue weighted by atomic mass is 16.5. The van der Waals surface area contributed by atoms with Crippen LogP contribution in [0.3, 0.4) is 0 Å². The number of esters is 1. The van der Waals surface area contributed by atoms with E-state index in [4.69, 9.17) is 4.74 Å². The molecule has 132 valence electrons. The second kappa shape index (κ2) is 22.5. The van der Waals surface area contributed by atoms with Crippen molar-refractivity contribution in [3.63, 3.8) is 0 Å². The Balaban J connectivity index is -0.000000438. The smallest absolute Gasteiger partial charge is 0.343 e. The van der Waals surface area contributed by atoms with Crippen LogP contribution < -0.4 is 4.74 Å². The minimum absolute atomic E-state index is 0.280. The highest BCUT2D eigenvalue weighted by Crippen LogP contribution is 2.14. The number of carbonyl (C=O) groups excluding carboxylic acids is 1. The van der Waals surface area contributed by atoms with E-state index in [1.165, 1.54) is 0 Å². The second-order valence-electron chi connectivity index (χ2n) is 3.34. The van der Waals surface area contributed by atoms with Crippen molar-refractivity contribution in [1.82, 2.24) is 0 Å².